The summed E-state index contributed by atoms with van der Waals surface area (Å²) in [5.41, 5.74) is 1.17. The molecule has 0 aliphatic rings. The molecule has 0 saturated heterocycles. The van der Waals surface area contributed by atoms with Crippen LogP contribution in [0.4, 0.5) is 15.8 Å². The summed E-state index contributed by atoms with van der Waals surface area (Å²) < 4.78 is 14.3. The average molecular weight is 338 g/mol. The maximum Gasteiger partial charge on any atom is 0.257 e. The van der Waals surface area contributed by atoms with Crippen LogP contribution in [0.1, 0.15) is 17.3 Å². The van der Waals surface area contributed by atoms with Crippen LogP contribution in [-0.2, 0) is 0 Å². The SMILES string of the molecule is CCNc1cnccc1C(=O)Nc1ccc(Br)cc1F. The van der Waals surface area contributed by atoms with E-state index in [9.17, 15) is 9.18 Å². The summed E-state index contributed by atoms with van der Waals surface area (Å²) in [6.45, 7) is 2.59. The minimum absolute atomic E-state index is 0.137. The van der Waals surface area contributed by atoms with Crippen LogP contribution in [0, 0.1) is 5.82 Å². The van der Waals surface area contributed by atoms with Crippen molar-refractivity contribution < 1.29 is 9.18 Å². The van der Waals surface area contributed by atoms with Gasteiger partial charge in [-0.25, -0.2) is 4.39 Å². The van der Waals surface area contributed by atoms with Gasteiger partial charge in [0, 0.05) is 17.2 Å². The van der Waals surface area contributed by atoms with Crippen LogP contribution in [0.25, 0.3) is 0 Å². The van der Waals surface area contributed by atoms with Crippen molar-refractivity contribution in [3.63, 3.8) is 0 Å². The number of amides is 1. The van der Waals surface area contributed by atoms with Gasteiger partial charge in [0.15, 0.2) is 0 Å². The van der Waals surface area contributed by atoms with Gasteiger partial charge in [-0.15, -0.1) is 0 Å². The van der Waals surface area contributed by atoms with Gasteiger partial charge in [0.2, 0.25) is 0 Å². The number of carbonyl (C=O) groups excluding carboxylic acids is 1. The van der Waals surface area contributed by atoms with Crippen molar-refractivity contribution in [2.45, 2.75) is 6.92 Å². The Morgan fingerprint density at radius 2 is 2.15 bits per heavy atom. The first-order valence-corrected chi connectivity index (χ1v) is 6.85. The summed E-state index contributed by atoms with van der Waals surface area (Å²) >= 11 is 3.17. The zero-order valence-corrected chi connectivity index (χ0v) is 12.4. The molecule has 0 saturated carbocycles. The van der Waals surface area contributed by atoms with Crippen LogP contribution >= 0.6 is 15.9 Å². The van der Waals surface area contributed by atoms with Crippen molar-refractivity contribution in [1.82, 2.24) is 4.98 Å². The lowest BCUT2D eigenvalue weighted by Crippen LogP contribution is -2.15. The van der Waals surface area contributed by atoms with E-state index in [1.807, 2.05) is 6.92 Å². The third kappa shape index (κ3) is 3.33. The number of carbonyl (C=O) groups is 1. The van der Waals surface area contributed by atoms with Crippen LogP contribution in [0.3, 0.4) is 0 Å². The highest BCUT2D eigenvalue weighted by atomic mass is 79.9. The molecule has 1 aromatic heterocycles. The molecule has 2 aromatic rings. The predicted molar refractivity (Wildman–Crippen MR) is 80.5 cm³/mol. The number of anilines is 2. The Hall–Kier alpha value is -1.95. The first kappa shape index (κ1) is 14.5. The highest BCUT2D eigenvalue weighted by Crippen LogP contribution is 2.21. The van der Waals surface area contributed by atoms with E-state index < -0.39 is 5.82 Å². The van der Waals surface area contributed by atoms with Crippen molar-refractivity contribution in [2.24, 2.45) is 0 Å². The minimum Gasteiger partial charge on any atom is -0.383 e. The maximum atomic E-state index is 13.7. The van der Waals surface area contributed by atoms with E-state index in [1.165, 1.54) is 18.3 Å². The van der Waals surface area contributed by atoms with E-state index in [1.54, 1.807) is 18.3 Å². The highest BCUT2D eigenvalue weighted by molar-refractivity contribution is 9.10. The van der Waals surface area contributed by atoms with Gasteiger partial charge < -0.3 is 10.6 Å². The molecule has 0 radical (unpaired) electrons. The molecule has 6 heteroatoms. The maximum absolute atomic E-state index is 13.7. The number of nitrogens with one attached hydrogen (secondary N) is 2. The van der Waals surface area contributed by atoms with Gasteiger partial charge in [0.05, 0.1) is 23.1 Å². The summed E-state index contributed by atoms with van der Waals surface area (Å²) in [5.74, 6) is -0.878. The lowest BCUT2D eigenvalue weighted by Gasteiger charge is -2.11. The van der Waals surface area contributed by atoms with Crippen molar-refractivity contribution in [1.29, 1.82) is 0 Å². The second-order valence-corrected chi connectivity index (χ2v) is 4.95. The Labute approximate surface area is 124 Å². The van der Waals surface area contributed by atoms with Crippen LogP contribution < -0.4 is 10.6 Å². The van der Waals surface area contributed by atoms with Crippen molar-refractivity contribution >= 4 is 33.2 Å². The number of hydrogen-bond acceptors (Lipinski definition) is 3. The largest absolute Gasteiger partial charge is 0.383 e. The second-order valence-electron chi connectivity index (χ2n) is 4.03. The zero-order chi connectivity index (χ0) is 14.5. The van der Waals surface area contributed by atoms with Gasteiger partial charge in [-0.3, -0.25) is 9.78 Å². The highest BCUT2D eigenvalue weighted by Gasteiger charge is 2.13. The molecule has 104 valence electrons. The van der Waals surface area contributed by atoms with Crippen LogP contribution in [0.2, 0.25) is 0 Å². The smallest absolute Gasteiger partial charge is 0.257 e. The van der Waals surface area contributed by atoms with Crippen LogP contribution in [0.15, 0.2) is 41.1 Å². The Morgan fingerprint density at radius 1 is 1.35 bits per heavy atom. The number of benzene rings is 1. The van der Waals surface area contributed by atoms with E-state index in [0.29, 0.717) is 22.3 Å². The third-order valence-corrected chi connectivity index (χ3v) is 3.11. The molecule has 0 aliphatic heterocycles. The third-order valence-electron chi connectivity index (χ3n) is 2.61. The molecule has 0 atom stereocenters. The molecule has 2 rings (SSSR count). The molecular formula is C14H13BrFN3O. The van der Waals surface area contributed by atoms with Gasteiger partial charge in [0.1, 0.15) is 5.82 Å². The van der Waals surface area contributed by atoms with Crippen LogP contribution in [0.5, 0.6) is 0 Å². The molecule has 1 heterocycles. The fourth-order valence-corrected chi connectivity index (χ4v) is 2.04. The fraction of sp³-hybridized carbons (Fsp3) is 0.143. The first-order valence-electron chi connectivity index (χ1n) is 6.06. The minimum atomic E-state index is -0.494. The normalized spacial score (nSPS) is 10.2. The quantitative estimate of drug-likeness (QED) is 0.894. The molecule has 0 fully saturated rings. The van der Waals surface area contributed by atoms with E-state index >= 15 is 0 Å². The number of aromatic nitrogens is 1. The van der Waals surface area contributed by atoms with Gasteiger partial charge in [-0.2, -0.15) is 0 Å². The van der Waals surface area contributed by atoms with E-state index in [-0.39, 0.29) is 11.6 Å². The molecular weight excluding hydrogens is 325 g/mol. The molecule has 0 unspecified atom stereocenters. The number of halogens is 2. The van der Waals surface area contributed by atoms with Gasteiger partial charge in [0.25, 0.3) is 5.91 Å². The predicted octanol–water partition coefficient (Wildman–Crippen LogP) is 3.67. The molecule has 20 heavy (non-hydrogen) atoms. The fourth-order valence-electron chi connectivity index (χ4n) is 1.70. The lowest BCUT2D eigenvalue weighted by molar-refractivity contribution is 0.102. The van der Waals surface area contributed by atoms with E-state index in [4.69, 9.17) is 0 Å². The Bertz CT molecular complexity index is 634. The summed E-state index contributed by atoms with van der Waals surface area (Å²) in [4.78, 5) is 16.1. The summed E-state index contributed by atoms with van der Waals surface area (Å²) in [5, 5.41) is 5.59. The van der Waals surface area contributed by atoms with Gasteiger partial charge >= 0.3 is 0 Å². The Morgan fingerprint density at radius 3 is 2.85 bits per heavy atom. The lowest BCUT2D eigenvalue weighted by atomic mass is 10.2. The van der Waals surface area contributed by atoms with Gasteiger partial charge in [-0.1, -0.05) is 15.9 Å². The number of hydrogen-bond donors (Lipinski definition) is 2. The van der Waals surface area contributed by atoms with E-state index in [0.717, 1.165) is 0 Å². The summed E-state index contributed by atoms with van der Waals surface area (Å²) in [6, 6.07) is 6.05. The molecule has 4 nitrogen and oxygen atoms in total. The Balaban J connectivity index is 2.24. The summed E-state index contributed by atoms with van der Waals surface area (Å²) in [6.07, 6.45) is 3.09. The standard InChI is InChI=1S/C14H13BrFN3O/c1-2-18-13-8-17-6-5-10(13)14(20)19-12-4-3-9(15)7-11(12)16/h3-8,18H,2H2,1H3,(H,19,20). The molecule has 0 aliphatic carbocycles. The molecule has 1 amide bonds. The molecule has 0 bridgehead atoms. The Kier molecular flexibility index (Phi) is 4.68. The zero-order valence-electron chi connectivity index (χ0n) is 10.8. The second kappa shape index (κ2) is 6.47. The monoisotopic (exact) mass is 337 g/mol. The van der Waals surface area contributed by atoms with Crippen molar-refractivity contribution in [3.8, 4) is 0 Å². The summed E-state index contributed by atoms with van der Waals surface area (Å²) in [7, 11) is 0. The van der Waals surface area contributed by atoms with Crippen molar-refractivity contribution in [3.05, 3.63) is 52.5 Å². The number of rotatable bonds is 4. The molecule has 0 spiro atoms. The molecule has 1 aromatic carbocycles. The van der Waals surface area contributed by atoms with Gasteiger partial charge in [-0.05, 0) is 31.2 Å². The molecule has 2 N–H and O–H groups in total. The average Bonchev–Trinajstić information content (AvgIpc) is 2.43. The number of pyridine rings is 1. The van der Waals surface area contributed by atoms with Crippen molar-refractivity contribution in [2.75, 3.05) is 17.2 Å². The van der Waals surface area contributed by atoms with Crippen LogP contribution in [-0.4, -0.2) is 17.4 Å². The topological polar surface area (TPSA) is 54.0 Å². The van der Waals surface area contributed by atoms with E-state index in [2.05, 4.69) is 31.5 Å². The number of nitrogens with zero attached hydrogens (tertiary/aromatic N) is 1. The first-order chi connectivity index (χ1) is 9.61.